The maximum Gasteiger partial charge on any atom is 0.435 e. The lowest BCUT2D eigenvalue weighted by Crippen LogP contribution is -2.50. The summed E-state index contributed by atoms with van der Waals surface area (Å²) in [5.41, 5.74) is -10.8. The average molecular weight is 523 g/mol. The predicted octanol–water partition coefficient (Wildman–Crippen LogP) is 5.74. The molecule has 31 heavy (non-hydrogen) atoms. The van der Waals surface area contributed by atoms with E-state index >= 15 is 0 Å². The van der Waals surface area contributed by atoms with Crippen molar-refractivity contribution in [1.29, 1.82) is 0 Å². The summed E-state index contributed by atoms with van der Waals surface area (Å²) in [4.78, 5) is 21.7. The Hall–Kier alpha value is -2.97. The zero-order valence-corrected chi connectivity index (χ0v) is 16.0. The Bertz CT molecular complexity index is 1020. The van der Waals surface area contributed by atoms with E-state index in [4.69, 9.17) is 0 Å². The molecule has 168 valence electrons. The second kappa shape index (κ2) is 7.94. The van der Waals surface area contributed by atoms with Crippen LogP contribution < -0.4 is 5.32 Å². The molecule has 0 radical (unpaired) electrons. The largest absolute Gasteiger partial charge is 0.506 e. The quantitative estimate of drug-likeness (QED) is 0.231. The summed E-state index contributed by atoms with van der Waals surface area (Å²) in [6.45, 7) is 0. The van der Waals surface area contributed by atoms with Gasteiger partial charge in [-0.25, -0.2) is 4.39 Å². The number of benzene rings is 2. The minimum atomic E-state index is -6.45. The number of nitrogens with one attached hydrogen (secondary N) is 1. The molecular weight excluding hydrogens is 516 g/mol. The summed E-state index contributed by atoms with van der Waals surface area (Å²) < 4.78 is 105. The van der Waals surface area contributed by atoms with Crippen LogP contribution in [0.5, 0.6) is 5.75 Å². The van der Waals surface area contributed by atoms with Gasteiger partial charge in [-0.15, -0.1) is 0 Å². The van der Waals surface area contributed by atoms with Crippen molar-refractivity contribution >= 4 is 33.2 Å². The predicted molar refractivity (Wildman–Crippen MR) is 91.7 cm³/mol. The third-order valence-corrected chi connectivity index (χ3v) is 4.53. The molecule has 0 aromatic heterocycles. The maximum atomic E-state index is 14.1. The number of nitro groups is 1. The molecule has 2 aromatic rings. The fraction of sp³-hybridized carbons (Fsp3) is 0.188. The number of nitrogens with zero attached hydrogens (tertiary/aromatic N) is 1. The first-order chi connectivity index (χ1) is 14.0. The van der Waals surface area contributed by atoms with Crippen LogP contribution in [-0.4, -0.2) is 28.3 Å². The van der Waals surface area contributed by atoms with Crippen LogP contribution in [-0.2, 0) is 5.67 Å². The Morgan fingerprint density at radius 3 is 2.06 bits per heavy atom. The summed E-state index contributed by atoms with van der Waals surface area (Å²) in [6, 6.07) is 2.24. The van der Waals surface area contributed by atoms with Crippen molar-refractivity contribution in [2.45, 2.75) is 18.0 Å². The number of rotatable bonds is 4. The fourth-order valence-corrected chi connectivity index (χ4v) is 2.97. The van der Waals surface area contributed by atoms with E-state index in [1.165, 1.54) is 0 Å². The molecule has 0 aliphatic rings. The lowest BCUT2D eigenvalue weighted by Gasteiger charge is -2.30. The number of carbonyl (C=O) groups excluding carboxylic acids is 1. The Balaban J connectivity index is 2.52. The average Bonchev–Trinajstić information content (AvgIpc) is 2.61. The molecule has 2 rings (SSSR count). The zero-order valence-electron chi connectivity index (χ0n) is 14.4. The number of amides is 1. The van der Waals surface area contributed by atoms with E-state index in [1.807, 2.05) is 0 Å². The fourth-order valence-electron chi connectivity index (χ4n) is 2.42. The number of hydrogen-bond donors (Lipinski definition) is 2. The zero-order chi connectivity index (χ0) is 23.9. The highest BCUT2D eigenvalue weighted by Gasteiger charge is 2.73. The number of alkyl halides is 7. The normalized spacial score (nSPS) is 12.5. The van der Waals surface area contributed by atoms with Crippen molar-refractivity contribution in [2.75, 3.05) is 5.32 Å². The molecule has 2 aromatic carbocycles. The SMILES string of the molecule is O=C(Nc1c(O)cc(C(F)(C(F)(F)F)C(F)(F)F)cc1Br)c1cccc([N+](=O)[O-])c1F. The minimum absolute atomic E-state index is 0.0140. The molecule has 0 spiro atoms. The molecule has 6 nitrogen and oxygen atoms in total. The lowest BCUT2D eigenvalue weighted by atomic mass is 9.93. The number of halogens is 9. The van der Waals surface area contributed by atoms with E-state index < -0.39 is 67.4 Å². The van der Waals surface area contributed by atoms with Crippen molar-refractivity contribution in [3.8, 4) is 5.75 Å². The smallest absolute Gasteiger partial charge is 0.435 e. The number of carbonyl (C=O) groups is 1. The van der Waals surface area contributed by atoms with Gasteiger partial charge in [0.2, 0.25) is 5.82 Å². The van der Waals surface area contributed by atoms with Crippen LogP contribution in [0.1, 0.15) is 15.9 Å². The third-order valence-electron chi connectivity index (χ3n) is 3.91. The lowest BCUT2D eigenvalue weighted by molar-refractivity contribution is -0.387. The number of phenols is 1. The van der Waals surface area contributed by atoms with Crippen molar-refractivity contribution in [2.24, 2.45) is 0 Å². The van der Waals surface area contributed by atoms with Gasteiger partial charge in [0.15, 0.2) is 0 Å². The summed E-state index contributed by atoms with van der Waals surface area (Å²) in [5.74, 6) is -4.46. The second-order valence-electron chi connectivity index (χ2n) is 5.86. The van der Waals surface area contributed by atoms with Gasteiger partial charge < -0.3 is 10.4 Å². The summed E-state index contributed by atoms with van der Waals surface area (Å²) >= 11 is 2.50. The highest BCUT2D eigenvalue weighted by molar-refractivity contribution is 9.10. The van der Waals surface area contributed by atoms with Gasteiger partial charge in [0.1, 0.15) is 5.75 Å². The molecule has 0 fully saturated rings. The van der Waals surface area contributed by atoms with Gasteiger partial charge in [0, 0.05) is 16.1 Å². The highest BCUT2D eigenvalue weighted by atomic mass is 79.9. The van der Waals surface area contributed by atoms with Gasteiger partial charge in [-0.2, -0.15) is 30.7 Å². The number of hydrogen-bond acceptors (Lipinski definition) is 4. The molecule has 15 heteroatoms. The Morgan fingerprint density at radius 1 is 1.06 bits per heavy atom. The highest BCUT2D eigenvalue weighted by Crippen LogP contribution is 2.54. The molecule has 0 saturated carbocycles. The van der Waals surface area contributed by atoms with E-state index in [2.05, 4.69) is 15.9 Å². The van der Waals surface area contributed by atoms with Gasteiger partial charge in [0.25, 0.3) is 5.91 Å². The van der Waals surface area contributed by atoms with Crippen LogP contribution in [0, 0.1) is 15.9 Å². The first-order valence-electron chi connectivity index (χ1n) is 7.62. The molecule has 0 aliphatic heterocycles. The van der Waals surface area contributed by atoms with Crippen LogP contribution >= 0.6 is 15.9 Å². The molecule has 2 N–H and O–H groups in total. The van der Waals surface area contributed by atoms with Crippen LogP contribution in [0.4, 0.5) is 46.5 Å². The third kappa shape index (κ3) is 4.26. The number of aromatic hydroxyl groups is 1. The first-order valence-corrected chi connectivity index (χ1v) is 8.41. The molecule has 0 atom stereocenters. The van der Waals surface area contributed by atoms with Gasteiger partial charge >= 0.3 is 23.7 Å². The summed E-state index contributed by atoms with van der Waals surface area (Å²) in [7, 11) is 0. The van der Waals surface area contributed by atoms with Crippen LogP contribution in [0.2, 0.25) is 0 Å². The van der Waals surface area contributed by atoms with Crippen LogP contribution in [0.15, 0.2) is 34.8 Å². The molecule has 1 amide bonds. The second-order valence-corrected chi connectivity index (χ2v) is 6.71. The molecule has 0 aliphatic carbocycles. The van der Waals surface area contributed by atoms with Crippen molar-refractivity contribution < 1.29 is 49.9 Å². The van der Waals surface area contributed by atoms with E-state index in [-0.39, 0.29) is 12.1 Å². The Labute approximate surface area is 174 Å². The maximum absolute atomic E-state index is 14.1. The van der Waals surface area contributed by atoms with Crippen LogP contribution in [0.25, 0.3) is 0 Å². The summed E-state index contributed by atoms with van der Waals surface area (Å²) in [6.07, 6.45) is -12.9. The van der Waals surface area contributed by atoms with Gasteiger partial charge in [0.05, 0.1) is 16.2 Å². The van der Waals surface area contributed by atoms with Crippen LogP contribution in [0.3, 0.4) is 0 Å². The number of phenolic OH excluding ortho intramolecular Hbond substituents is 1. The monoisotopic (exact) mass is 522 g/mol. The number of anilines is 1. The van der Waals surface area contributed by atoms with Gasteiger partial charge in [-0.05, 0) is 34.1 Å². The standard InChI is InChI=1S/C16H7BrF8N2O4/c17-8-4-6(14(19,15(20,21)22)16(23,24)25)5-10(28)12(8)26-13(29)7-2-1-3-9(11(7)18)27(30)31/h1-5,28H,(H,26,29). The molecule has 0 heterocycles. The van der Waals surface area contributed by atoms with E-state index in [1.54, 1.807) is 5.32 Å². The van der Waals surface area contributed by atoms with Gasteiger partial charge in [-0.1, -0.05) is 6.07 Å². The Kier molecular flexibility index (Phi) is 6.22. The Morgan fingerprint density at radius 2 is 1.61 bits per heavy atom. The molecule has 0 unspecified atom stereocenters. The molecule has 0 saturated heterocycles. The van der Waals surface area contributed by atoms with E-state index in [9.17, 15) is 55.1 Å². The number of nitro benzene ring substituents is 1. The molecular formula is C16H7BrF8N2O4. The van der Waals surface area contributed by atoms with Crippen molar-refractivity contribution in [3.05, 3.63) is 61.9 Å². The summed E-state index contributed by atoms with van der Waals surface area (Å²) in [5, 5.41) is 22.3. The van der Waals surface area contributed by atoms with Crippen molar-refractivity contribution in [1.82, 2.24) is 0 Å². The van der Waals surface area contributed by atoms with E-state index in [0.717, 1.165) is 18.2 Å². The van der Waals surface area contributed by atoms with E-state index in [0.29, 0.717) is 0 Å². The first kappa shape index (κ1) is 24.3. The van der Waals surface area contributed by atoms with Crippen molar-refractivity contribution in [3.63, 3.8) is 0 Å². The molecule has 0 bridgehead atoms. The van der Waals surface area contributed by atoms with Gasteiger partial charge in [-0.3, -0.25) is 14.9 Å². The topological polar surface area (TPSA) is 92.5 Å². The minimum Gasteiger partial charge on any atom is -0.506 e.